The second-order valence-electron chi connectivity index (χ2n) is 4.27. The van der Waals surface area contributed by atoms with E-state index in [0.29, 0.717) is 10.8 Å². The van der Waals surface area contributed by atoms with Gasteiger partial charge >= 0.3 is 17.4 Å². The summed E-state index contributed by atoms with van der Waals surface area (Å²) in [5.74, 6) is -0.304. The average molecular weight is 312 g/mol. The van der Waals surface area contributed by atoms with E-state index in [1.165, 1.54) is 12.4 Å². The summed E-state index contributed by atoms with van der Waals surface area (Å²) >= 11 is 0. The van der Waals surface area contributed by atoms with Crippen molar-refractivity contribution in [3.63, 3.8) is 0 Å². The number of aromatic amines is 2. The maximum Gasteiger partial charge on any atom is 0.416 e. The second-order valence-corrected chi connectivity index (χ2v) is 4.27. The van der Waals surface area contributed by atoms with E-state index >= 15 is 0 Å². The highest BCUT2D eigenvalue weighted by atomic mass is 19.4. The van der Waals surface area contributed by atoms with Crippen molar-refractivity contribution >= 4 is 11.2 Å². The third-order valence-electron chi connectivity index (χ3n) is 2.81. The van der Waals surface area contributed by atoms with Crippen LogP contribution in [-0.4, -0.2) is 19.7 Å². The van der Waals surface area contributed by atoms with Crippen molar-refractivity contribution in [2.75, 3.05) is 0 Å². The van der Waals surface area contributed by atoms with Crippen LogP contribution in [0.1, 0.15) is 5.56 Å². The number of aromatic nitrogens is 4. The van der Waals surface area contributed by atoms with Gasteiger partial charge in [0.25, 0.3) is 0 Å². The fourth-order valence-electron chi connectivity index (χ4n) is 1.82. The molecule has 7 nitrogen and oxygen atoms in total. The molecule has 0 aliphatic carbocycles. The zero-order valence-corrected chi connectivity index (χ0v) is 10.6. The first-order valence-corrected chi connectivity index (χ1v) is 5.90. The van der Waals surface area contributed by atoms with Crippen LogP contribution in [-0.2, 0) is 6.18 Å². The quantitative estimate of drug-likeness (QED) is 0.745. The minimum Gasteiger partial charge on any atom is -0.367 e. The van der Waals surface area contributed by atoms with E-state index in [0.717, 1.165) is 12.1 Å². The molecule has 114 valence electrons. The van der Waals surface area contributed by atoms with Gasteiger partial charge in [-0.25, -0.2) is 9.78 Å². The molecule has 0 bridgehead atoms. The van der Waals surface area contributed by atoms with Crippen LogP contribution in [0.15, 0.2) is 40.2 Å². The van der Waals surface area contributed by atoms with Crippen molar-refractivity contribution in [3.05, 3.63) is 57.0 Å². The van der Waals surface area contributed by atoms with Crippen molar-refractivity contribution in [2.24, 2.45) is 0 Å². The molecule has 2 N–H and O–H groups in total. The molecule has 0 aliphatic rings. The molecule has 0 saturated heterocycles. The Morgan fingerprint density at radius 3 is 2.73 bits per heavy atom. The van der Waals surface area contributed by atoms with Crippen LogP contribution >= 0.6 is 0 Å². The largest absolute Gasteiger partial charge is 0.416 e. The summed E-state index contributed by atoms with van der Waals surface area (Å²) in [5, 5.41) is 0. The third kappa shape index (κ3) is 2.34. The molecule has 10 heteroatoms. The first-order chi connectivity index (χ1) is 10.4. The second kappa shape index (κ2) is 4.76. The first kappa shape index (κ1) is 13.9. The topological polar surface area (TPSA) is 92.8 Å². The maximum atomic E-state index is 12.6. The lowest BCUT2D eigenvalue weighted by molar-refractivity contribution is -0.137. The monoisotopic (exact) mass is 312 g/mol. The molecule has 0 atom stereocenters. The van der Waals surface area contributed by atoms with Crippen LogP contribution in [0.5, 0.6) is 5.75 Å². The average Bonchev–Trinajstić information content (AvgIpc) is 2.91. The lowest BCUT2D eigenvalue weighted by Gasteiger charge is -2.09. The van der Waals surface area contributed by atoms with Crippen LogP contribution in [0.25, 0.3) is 11.2 Å². The van der Waals surface area contributed by atoms with Gasteiger partial charge in [0.1, 0.15) is 0 Å². The Kier molecular flexibility index (Phi) is 3.01. The predicted octanol–water partition coefficient (Wildman–Crippen LogP) is 1.27. The van der Waals surface area contributed by atoms with Gasteiger partial charge in [-0.1, -0.05) is 10.8 Å². The highest BCUT2D eigenvalue weighted by molar-refractivity contribution is 5.67. The van der Waals surface area contributed by atoms with Gasteiger partial charge in [0.2, 0.25) is 0 Å². The summed E-state index contributed by atoms with van der Waals surface area (Å²) in [7, 11) is 0. The predicted molar refractivity (Wildman–Crippen MR) is 68.4 cm³/mol. The van der Waals surface area contributed by atoms with Crippen molar-refractivity contribution in [1.29, 1.82) is 0 Å². The smallest absolute Gasteiger partial charge is 0.367 e. The number of alkyl halides is 3. The number of hydrogen-bond donors (Lipinski definition) is 2. The Hall–Kier alpha value is -3.04. The molecule has 1 aromatic carbocycles. The van der Waals surface area contributed by atoms with Gasteiger partial charge in [-0.15, -0.1) is 0 Å². The number of nitrogens with zero attached hydrogens (tertiary/aromatic N) is 2. The number of fused-ring (bicyclic) bond motifs is 1. The first-order valence-electron chi connectivity index (χ1n) is 5.90. The summed E-state index contributed by atoms with van der Waals surface area (Å²) in [4.78, 5) is 37.2. The zero-order valence-electron chi connectivity index (χ0n) is 10.6. The van der Waals surface area contributed by atoms with Crippen molar-refractivity contribution in [1.82, 2.24) is 19.7 Å². The van der Waals surface area contributed by atoms with Gasteiger partial charge in [0, 0.05) is 0 Å². The molecule has 3 rings (SSSR count). The van der Waals surface area contributed by atoms with E-state index < -0.39 is 23.0 Å². The minimum atomic E-state index is -4.57. The SMILES string of the molecule is O=c1[nH]c2nc[nH]c2c(=O)n1Oc1cccc(C(F)(F)F)c1. The molecule has 0 aliphatic heterocycles. The molecule has 0 spiro atoms. The maximum absolute atomic E-state index is 12.6. The van der Waals surface area contributed by atoms with Gasteiger partial charge in [0.05, 0.1) is 11.9 Å². The Morgan fingerprint density at radius 1 is 1.23 bits per heavy atom. The lowest BCUT2D eigenvalue weighted by Crippen LogP contribution is -2.38. The van der Waals surface area contributed by atoms with Gasteiger partial charge in [-0.2, -0.15) is 13.2 Å². The number of halogens is 3. The molecule has 2 aromatic heterocycles. The lowest BCUT2D eigenvalue weighted by atomic mass is 10.2. The highest BCUT2D eigenvalue weighted by Crippen LogP contribution is 2.31. The van der Waals surface area contributed by atoms with E-state index in [1.807, 2.05) is 0 Å². The molecule has 0 fully saturated rings. The summed E-state index contributed by atoms with van der Waals surface area (Å²) in [6.45, 7) is 0. The number of benzene rings is 1. The van der Waals surface area contributed by atoms with Gasteiger partial charge in [-0.3, -0.25) is 9.78 Å². The van der Waals surface area contributed by atoms with Crippen LogP contribution in [0.2, 0.25) is 0 Å². The molecule has 2 heterocycles. The summed E-state index contributed by atoms with van der Waals surface area (Å²) in [6.07, 6.45) is -3.37. The molecular weight excluding hydrogens is 305 g/mol. The van der Waals surface area contributed by atoms with Crippen LogP contribution in [0.4, 0.5) is 13.2 Å². The third-order valence-corrected chi connectivity index (χ3v) is 2.81. The van der Waals surface area contributed by atoms with Crippen LogP contribution < -0.4 is 16.1 Å². The Morgan fingerprint density at radius 2 is 2.00 bits per heavy atom. The molecule has 0 amide bonds. The van der Waals surface area contributed by atoms with Gasteiger partial charge < -0.3 is 9.82 Å². The standard InChI is InChI=1S/C12H7F3N4O3/c13-12(14,15)6-2-1-3-7(4-6)22-19-10(20)8-9(17-5-16-8)18-11(19)21/h1-5H,(H,16,17)(H,18,21). The summed E-state index contributed by atoms with van der Waals surface area (Å²) < 4.78 is 38.2. The molecule has 3 aromatic rings. The minimum absolute atomic E-state index is 0.0268. The van der Waals surface area contributed by atoms with E-state index in [1.54, 1.807) is 0 Å². The fourth-order valence-corrected chi connectivity index (χ4v) is 1.82. The normalized spacial score (nSPS) is 11.8. The van der Waals surface area contributed by atoms with Gasteiger partial charge in [-0.05, 0) is 18.2 Å². The van der Waals surface area contributed by atoms with Crippen molar-refractivity contribution in [2.45, 2.75) is 6.18 Å². The summed E-state index contributed by atoms with van der Waals surface area (Å²) in [5.41, 5.74) is -2.79. The van der Waals surface area contributed by atoms with E-state index in [9.17, 15) is 22.8 Å². The number of nitrogens with one attached hydrogen (secondary N) is 2. The number of imidazole rings is 1. The summed E-state index contributed by atoms with van der Waals surface area (Å²) in [6, 6.07) is 3.82. The molecule has 0 unspecified atom stereocenters. The van der Waals surface area contributed by atoms with Crippen molar-refractivity contribution < 1.29 is 18.0 Å². The number of rotatable bonds is 2. The Labute approximate surface area is 119 Å². The van der Waals surface area contributed by atoms with Gasteiger partial charge in [0.15, 0.2) is 16.9 Å². The highest BCUT2D eigenvalue weighted by Gasteiger charge is 2.30. The van der Waals surface area contributed by atoms with E-state index in [4.69, 9.17) is 4.84 Å². The van der Waals surface area contributed by atoms with Crippen LogP contribution in [0, 0.1) is 0 Å². The number of H-pyrrole nitrogens is 2. The van der Waals surface area contributed by atoms with Crippen LogP contribution in [0.3, 0.4) is 0 Å². The number of hydrogen-bond acceptors (Lipinski definition) is 4. The fraction of sp³-hybridized carbons (Fsp3) is 0.0833. The zero-order chi connectivity index (χ0) is 15.9. The van der Waals surface area contributed by atoms with E-state index in [-0.39, 0.29) is 16.9 Å². The molecule has 22 heavy (non-hydrogen) atoms. The van der Waals surface area contributed by atoms with E-state index in [2.05, 4.69) is 15.0 Å². The molecule has 0 saturated carbocycles. The van der Waals surface area contributed by atoms with Crippen molar-refractivity contribution in [3.8, 4) is 5.75 Å². The Bertz CT molecular complexity index is 954. The molecule has 0 radical (unpaired) electrons. The Balaban J connectivity index is 2.07. The molecular formula is C12H7F3N4O3.